The molecule has 0 atom stereocenters. The lowest BCUT2D eigenvalue weighted by molar-refractivity contribution is -0.121. The molecule has 1 N–H and O–H groups in total. The van der Waals surface area contributed by atoms with E-state index in [9.17, 15) is 4.79 Å². The Labute approximate surface area is 139 Å². The Hall–Kier alpha value is -1.55. The van der Waals surface area contributed by atoms with Gasteiger partial charge in [0.1, 0.15) is 5.75 Å². The summed E-state index contributed by atoms with van der Waals surface area (Å²) in [5.74, 6) is 1.01. The zero-order chi connectivity index (χ0) is 16.1. The molecule has 0 unspecified atom stereocenters. The van der Waals surface area contributed by atoms with E-state index < -0.39 is 0 Å². The van der Waals surface area contributed by atoms with E-state index in [0.29, 0.717) is 12.0 Å². The van der Waals surface area contributed by atoms with Gasteiger partial charge in [-0.25, -0.2) is 0 Å². The highest BCUT2D eigenvalue weighted by atomic mass is 16.5. The maximum absolute atomic E-state index is 12.1. The van der Waals surface area contributed by atoms with Gasteiger partial charge in [-0.2, -0.15) is 0 Å². The van der Waals surface area contributed by atoms with Crippen LogP contribution in [0.15, 0.2) is 24.3 Å². The number of fused-ring (bicyclic) bond motifs is 1. The van der Waals surface area contributed by atoms with Crippen LogP contribution in [0.2, 0.25) is 0 Å². The maximum Gasteiger partial charge on any atom is 0.220 e. The van der Waals surface area contributed by atoms with Crippen LogP contribution >= 0.6 is 0 Å². The summed E-state index contributed by atoms with van der Waals surface area (Å²) in [7, 11) is 1.67. The van der Waals surface area contributed by atoms with Crippen LogP contribution in [0.3, 0.4) is 0 Å². The van der Waals surface area contributed by atoms with Crippen LogP contribution in [-0.4, -0.2) is 43.1 Å². The van der Waals surface area contributed by atoms with Crippen LogP contribution in [-0.2, 0) is 11.2 Å². The van der Waals surface area contributed by atoms with Crippen molar-refractivity contribution in [2.75, 3.05) is 26.7 Å². The lowest BCUT2D eigenvalue weighted by atomic mass is 9.90. The van der Waals surface area contributed by atoms with Crippen molar-refractivity contribution in [2.45, 2.75) is 50.5 Å². The Bertz CT molecular complexity index is 534. The van der Waals surface area contributed by atoms with Gasteiger partial charge in [0.05, 0.1) is 7.11 Å². The van der Waals surface area contributed by atoms with E-state index in [1.54, 1.807) is 7.11 Å². The van der Waals surface area contributed by atoms with Crippen LogP contribution in [0.5, 0.6) is 5.75 Å². The number of methoxy groups -OCH3 is 1. The van der Waals surface area contributed by atoms with Crippen molar-refractivity contribution in [1.82, 2.24) is 10.2 Å². The van der Waals surface area contributed by atoms with Gasteiger partial charge in [0.15, 0.2) is 0 Å². The number of benzene rings is 1. The predicted octanol–water partition coefficient (Wildman–Crippen LogP) is 2.76. The highest BCUT2D eigenvalue weighted by Gasteiger charge is 2.43. The van der Waals surface area contributed by atoms with E-state index in [2.05, 4.69) is 10.2 Å². The Kier molecular flexibility index (Phi) is 5.21. The molecular formula is C19H28N2O2. The Morgan fingerprint density at radius 2 is 2.09 bits per heavy atom. The summed E-state index contributed by atoms with van der Waals surface area (Å²) in [5, 5.41) is 3.12. The summed E-state index contributed by atoms with van der Waals surface area (Å²) < 4.78 is 5.22. The molecule has 23 heavy (non-hydrogen) atoms. The van der Waals surface area contributed by atoms with E-state index in [1.165, 1.54) is 38.8 Å². The Morgan fingerprint density at radius 1 is 1.30 bits per heavy atom. The third-order valence-corrected chi connectivity index (χ3v) is 5.50. The monoisotopic (exact) mass is 316 g/mol. The van der Waals surface area contributed by atoms with E-state index in [4.69, 9.17) is 4.74 Å². The van der Waals surface area contributed by atoms with Crippen molar-refractivity contribution < 1.29 is 9.53 Å². The molecule has 3 rings (SSSR count). The first-order chi connectivity index (χ1) is 11.2. The van der Waals surface area contributed by atoms with Crippen molar-refractivity contribution in [3.8, 4) is 5.75 Å². The zero-order valence-corrected chi connectivity index (χ0v) is 14.1. The van der Waals surface area contributed by atoms with Gasteiger partial charge in [-0.3, -0.25) is 9.69 Å². The van der Waals surface area contributed by atoms with E-state index in [0.717, 1.165) is 30.7 Å². The molecule has 0 bridgehead atoms. The van der Waals surface area contributed by atoms with Crippen molar-refractivity contribution in [3.05, 3.63) is 29.8 Å². The van der Waals surface area contributed by atoms with Crippen LogP contribution in [0.25, 0.3) is 0 Å². The molecule has 2 saturated heterocycles. The number of hydrogen-bond donors (Lipinski definition) is 1. The van der Waals surface area contributed by atoms with Crippen LogP contribution in [0.1, 0.15) is 44.1 Å². The van der Waals surface area contributed by atoms with Gasteiger partial charge in [0.2, 0.25) is 5.91 Å². The normalized spacial score (nSPS) is 19.5. The molecule has 2 aliphatic rings. The minimum Gasteiger partial charge on any atom is -0.497 e. The number of rotatable bonds is 7. The molecule has 0 saturated carbocycles. The number of aryl methyl sites for hydroxylation is 1. The predicted molar refractivity (Wildman–Crippen MR) is 91.7 cm³/mol. The second-order valence-corrected chi connectivity index (χ2v) is 6.87. The van der Waals surface area contributed by atoms with E-state index >= 15 is 0 Å². The van der Waals surface area contributed by atoms with Gasteiger partial charge in [0, 0.05) is 18.5 Å². The smallest absolute Gasteiger partial charge is 0.220 e. The minimum absolute atomic E-state index is 0.159. The number of nitrogens with zero attached hydrogens (tertiary/aromatic N) is 1. The first-order valence-corrected chi connectivity index (χ1v) is 8.87. The molecule has 2 fully saturated rings. The van der Waals surface area contributed by atoms with Crippen LogP contribution in [0, 0.1) is 0 Å². The average molecular weight is 316 g/mol. The third-order valence-electron chi connectivity index (χ3n) is 5.50. The fourth-order valence-corrected chi connectivity index (χ4v) is 4.24. The summed E-state index contributed by atoms with van der Waals surface area (Å²) in [5.41, 5.74) is 1.55. The highest BCUT2D eigenvalue weighted by Crippen LogP contribution is 2.40. The van der Waals surface area contributed by atoms with Gasteiger partial charge >= 0.3 is 0 Å². The molecule has 4 heteroatoms. The molecule has 1 aromatic carbocycles. The fraction of sp³-hybridized carbons (Fsp3) is 0.632. The maximum atomic E-state index is 12.1. The second kappa shape index (κ2) is 7.35. The van der Waals surface area contributed by atoms with Crippen LogP contribution in [0.4, 0.5) is 0 Å². The third kappa shape index (κ3) is 3.86. The fourth-order valence-electron chi connectivity index (χ4n) is 4.24. The van der Waals surface area contributed by atoms with Gasteiger partial charge in [-0.15, -0.1) is 0 Å². The quantitative estimate of drug-likeness (QED) is 0.841. The number of carbonyl (C=O) groups excluding carboxylic acids is 1. The molecule has 0 spiro atoms. The van der Waals surface area contributed by atoms with Gasteiger partial charge in [-0.1, -0.05) is 12.1 Å². The van der Waals surface area contributed by atoms with Gasteiger partial charge < -0.3 is 10.1 Å². The SMILES string of the molecule is COc1cccc(CCC(=O)NCCC23CCCN2CCC3)c1. The molecule has 1 amide bonds. The van der Waals surface area contributed by atoms with Crippen molar-refractivity contribution in [2.24, 2.45) is 0 Å². The summed E-state index contributed by atoms with van der Waals surface area (Å²) in [6.45, 7) is 3.32. The molecular weight excluding hydrogens is 288 g/mol. The largest absolute Gasteiger partial charge is 0.497 e. The summed E-state index contributed by atoms with van der Waals surface area (Å²) >= 11 is 0. The first-order valence-electron chi connectivity index (χ1n) is 8.87. The van der Waals surface area contributed by atoms with Crippen LogP contribution < -0.4 is 10.1 Å². The van der Waals surface area contributed by atoms with Gasteiger partial charge in [-0.05, 0) is 69.3 Å². The standard InChI is InChI=1S/C19H28N2O2/c1-23-17-6-2-5-16(15-17)7-8-18(22)20-12-11-19-9-3-13-21(19)14-4-10-19/h2,5-6,15H,3-4,7-14H2,1H3,(H,20,22). The molecule has 4 nitrogen and oxygen atoms in total. The Balaban J connectivity index is 1.40. The molecule has 2 aliphatic heterocycles. The van der Waals surface area contributed by atoms with Gasteiger partial charge in [0.25, 0.3) is 0 Å². The highest BCUT2D eigenvalue weighted by molar-refractivity contribution is 5.76. The molecule has 0 aliphatic carbocycles. The zero-order valence-electron chi connectivity index (χ0n) is 14.1. The molecule has 2 heterocycles. The topological polar surface area (TPSA) is 41.6 Å². The molecule has 1 aromatic rings. The summed E-state index contributed by atoms with van der Waals surface area (Å²) in [4.78, 5) is 14.7. The lowest BCUT2D eigenvalue weighted by Crippen LogP contribution is -2.41. The molecule has 0 radical (unpaired) electrons. The summed E-state index contributed by atoms with van der Waals surface area (Å²) in [6, 6.07) is 7.95. The summed E-state index contributed by atoms with van der Waals surface area (Å²) in [6.07, 6.45) is 7.69. The number of carbonyl (C=O) groups is 1. The van der Waals surface area contributed by atoms with Crippen molar-refractivity contribution in [3.63, 3.8) is 0 Å². The number of hydrogen-bond acceptors (Lipinski definition) is 3. The second-order valence-electron chi connectivity index (χ2n) is 6.87. The minimum atomic E-state index is 0.159. The lowest BCUT2D eigenvalue weighted by Gasteiger charge is -2.32. The number of amides is 1. The van der Waals surface area contributed by atoms with E-state index in [1.807, 2.05) is 24.3 Å². The number of ether oxygens (including phenoxy) is 1. The molecule has 126 valence electrons. The molecule has 0 aromatic heterocycles. The van der Waals surface area contributed by atoms with Crippen molar-refractivity contribution in [1.29, 1.82) is 0 Å². The number of nitrogens with one attached hydrogen (secondary N) is 1. The average Bonchev–Trinajstić information content (AvgIpc) is 3.13. The Morgan fingerprint density at radius 3 is 2.83 bits per heavy atom. The van der Waals surface area contributed by atoms with Crippen molar-refractivity contribution >= 4 is 5.91 Å². The first kappa shape index (κ1) is 16.3. The van der Waals surface area contributed by atoms with E-state index in [-0.39, 0.29) is 5.91 Å².